The third kappa shape index (κ3) is 9.16. The van der Waals surface area contributed by atoms with Crippen LogP contribution >= 0.6 is 0 Å². The van der Waals surface area contributed by atoms with Crippen molar-refractivity contribution < 1.29 is 114 Å². The van der Waals surface area contributed by atoms with E-state index in [2.05, 4.69) is 26.8 Å². The Kier molecular flexibility index (Phi) is 16.9. The van der Waals surface area contributed by atoms with Gasteiger partial charge in [-0.15, -0.1) is 0 Å². The lowest BCUT2D eigenvalue weighted by Crippen LogP contribution is -2.72. The van der Waals surface area contributed by atoms with Crippen molar-refractivity contribution in [3.05, 3.63) is 23.3 Å². The van der Waals surface area contributed by atoms with Crippen molar-refractivity contribution in [2.75, 3.05) is 26.4 Å². The van der Waals surface area contributed by atoms with Gasteiger partial charge in [0, 0.05) is 11.0 Å². The summed E-state index contributed by atoms with van der Waals surface area (Å²) < 4.78 is 42.0. The van der Waals surface area contributed by atoms with Crippen LogP contribution in [0.5, 0.6) is 0 Å². The number of fused-ring (bicyclic) bond motifs is 7. The molecule has 76 heavy (non-hydrogen) atoms. The Bertz CT molecular complexity index is 2170. The van der Waals surface area contributed by atoms with Crippen molar-refractivity contribution >= 4 is 11.9 Å². The first-order chi connectivity index (χ1) is 35.5. The van der Waals surface area contributed by atoms with Crippen LogP contribution in [-0.2, 0) is 42.7 Å². The fraction of sp³-hybridized carbons (Fsp3) is 0.887. The van der Waals surface area contributed by atoms with E-state index in [0.717, 1.165) is 5.57 Å². The van der Waals surface area contributed by atoms with E-state index in [0.29, 0.717) is 37.7 Å². The first kappa shape index (κ1) is 59.8. The highest BCUT2D eigenvalue weighted by molar-refractivity contribution is 5.87. The molecule has 23 nitrogen and oxygen atoms in total. The van der Waals surface area contributed by atoms with Crippen LogP contribution in [0.15, 0.2) is 23.3 Å². The summed E-state index contributed by atoms with van der Waals surface area (Å²) in [6, 6.07) is 0. The monoisotopic (exact) mass is 1090 g/mol. The summed E-state index contributed by atoms with van der Waals surface area (Å²) in [6.07, 6.45) is -26.4. The predicted molar refractivity (Wildman–Crippen MR) is 259 cm³/mol. The van der Waals surface area contributed by atoms with E-state index >= 15 is 0 Å². The molecule has 3 aliphatic heterocycles. The first-order valence-corrected chi connectivity index (χ1v) is 26.8. The molecule has 8 aliphatic rings. The molecular formula is C53H84O23. The summed E-state index contributed by atoms with van der Waals surface area (Å²) >= 11 is 0. The Morgan fingerprint density at radius 2 is 1.26 bits per heavy atom. The van der Waals surface area contributed by atoms with Gasteiger partial charge in [-0.1, -0.05) is 59.3 Å². The van der Waals surface area contributed by atoms with E-state index in [1.54, 1.807) is 19.9 Å². The molecule has 0 radical (unpaired) electrons. The summed E-state index contributed by atoms with van der Waals surface area (Å²) in [5, 5.41) is 154. The molecule has 0 amide bonds. The third-order valence-corrected chi connectivity index (χ3v) is 20.8. The van der Waals surface area contributed by atoms with Crippen molar-refractivity contribution in [3.63, 3.8) is 0 Å². The van der Waals surface area contributed by atoms with Crippen LogP contribution in [0.2, 0.25) is 0 Å². The summed E-state index contributed by atoms with van der Waals surface area (Å²) in [6.45, 7) is 12.9. The number of rotatable bonds is 13. The van der Waals surface area contributed by atoms with Crippen molar-refractivity contribution in [2.45, 2.75) is 217 Å². The zero-order chi connectivity index (χ0) is 56.2. The lowest BCUT2D eigenvalue weighted by Gasteiger charge is -2.72. The molecule has 4 saturated carbocycles. The number of esters is 1. The zero-order valence-corrected chi connectivity index (χ0v) is 44.6. The average Bonchev–Trinajstić information content (AvgIpc) is 3.41. The van der Waals surface area contributed by atoms with Crippen molar-refractivity contribution in [3.8, 4) is 0 Å². The van der Waals surface area contributed by atoms with Crippen molar-refractivity contribution in [1.29, 1.82) is 0 Å². The van der Waals surface area contributed by atoms with E-state index < -0.39 is 193 Å². The lowest BCUT2D eigenvalue weighted by atomic mass is 9.33. The van der Waals surface area contributed by atoms with Crippen LogP contribution in [0.1, 0.15) is 100 Å². The molecule has 0 spiro atoms. The molecule has 0 aromatic heterocycles. The molecule has 0 aromatic rings. The standard InChI is InChI=1S/C53H84O23/c1-9-22(2)44(69)76-42-41(66)48(3,4)16-24-23-10-11-28-49(5)14-13-30(50(6,20-56)27(49)12-15-51(28,7)52(23,8)17-29(58)53(24,42)21-57)72-47-39(74-46-36(64)34(62)32(60)26(19-55)71-46)37(65)38(40(75-47)43(67)68)73-45-35(63)33(61)31(59)25(18-54)70-45/h9-10,24-42,45-47,54-66H,11-21H2,1-8H3,(H,67,68)/b22-9-/t24-,25+,26+,27+,28+,29+,30-,31+,32+,33-,34-,35+,36+,37-,38+,39+,40-,41-,42-,45-,46-,47+,49-,50+,51+,52+,53-/m0/s1. The Hall–Kier alpha value is -2.34. The van der Waals surface area contributed by atoms with Gasteiger partial charge in [-0.25, -0.2) is 9.59 Å². The number of ether oxygens (including phenoxy) is 7. The highest BCUT2D eigenvalue weighted by Crippen LogP contribution is 2.76. The number of carboxylic acids is 1. The normalized spacial score (nSPS) is 52.3. The topological polar surface area (TPSA) is 382 Å². The fourth-order valence-corrected chi connectivity index (χ4v) is 15.9. The van der Waals surface area contributed by atoms with E-state index in [1.165, 1.54) is 0 Å². The number of hydrogen-bond donors (Lipinski definition) is 14. The van der Waals surface area contributed by atoms with Gasteiger partial charge in [-0.3, -0.25) is 0 Å². The van der Waals surface area contributed by atoms with Crippen LogP contribution in [0.3, 0.4) is 0 Å². The number of aliphatic hydroxyl groups is 13. The van der Waals surface area contributed by atoms with Gasteiger partial charge in [0.25, 0.3) is 0 Å². The van der Waals surface area contributed by atoms with Crippen LogP contribution < -0.4 is 0 Å². The summed E-state index contributed by atoms with van der Waals surface area (Å²) in [5.41, 5.74) is -3.64. The molecule has 0 bridgehead atoms. The van der Waals surface area contributed by atoms with Gasteiger partial charge < -0.3 is 105 Å². The van der Waals surface area contributed by atoms with Gasteiger partial charge in [0.1, 0.15) is 73.2 Å². The second kappa shape index (κ2) is 21.5. The molecule has 8 rings (SSSR count). The molecular weight excluding hydrogens is 1000 g/mol. The molecule has 3 heterocycles. The molecule has 27 atom stereocenters. The van der Waals surface area contributed by atoms with E-state index in [1.807, 2.05) is 20.8 Å². The molecule has 434 valence electrons. The van der Waals surface area contributed by atoms with Gasteiger partial charge in [0.15, 0.2) is 25.0 Å². The van der Waals surface area contributed by atoms with Crippen LogP contribution in [-0.4, -0.2) is 226 Å². The Balaban J connectivity index is 1.11. The van der Waals surface area contributed by atoms with Gasteiger partial charge in [0.2, 0.25) is 0 Å². The highest BCUT2D eigenvalue weighted by atomic mass is 16.8. The second-order valence-corrected chi connectivity index (χ2v) is 24.9. The SMILES string of the molecule is C/C=C(/C)C(=O)O[C@H]1[C@H](O)C(C)(C)C[C@H]2C3=CC[C@@H]4[C@@]5(C)CC[C@H](O[C@@H]6O[C@H](C(=O)O)[C@H](O[C@@H]7O[C@H](CO)[C@@H](O)[C@H](O)[C@H]7O)[C@H](O)[C@H]6O[C@@H]6O[C@H](CO)[C@@H](O)[C@H](O)[C@H]6O)[C@](C)(CO)[C@@H]5CC[C@@]4(C)[C@]3(C)C[C@@H](O)[C@]21CO. The van der Waals surface area contributed by atoms with Crippen LogP contribution in [0.25, 0.3) is 0 Å². The maximum absolute atomic E-state index is 13.4. The second-order valence-electron chi connectivity index (χ2n) is 24.9. The smallest absolute Gasteiger partial charge is 0.335 e. The highest BCUT2D eigenvalue weighted by Gasteiger charge is 2.74. The zero-order valence-electron chi connectivity index (χ0n) is 44.6. The summed E-state index contributed by atoms with van der Waals surface area (Å²) in [7, 11) is 0. The largest absolute Gasteiger partial charge is 0.479 e. The average molecular weight is 1090 g/mol. The summed E-state index contributed by atoms with van der Waals surface area (Å²) in [4.78, 5) is 26.5. The minimum atomic E-state index is -2.17. The molecule has 0 aromatic carbocycles. The van der Waals surface area contributed by atoms with Crippen LogP contribution in [0, 0.1) is 50.2 Å². The number of hydrogen-bond acceptors (Lipinski definition) is 22. The molecule has 5 aliphatic carbocycles. The fourth-order valence-electron chi connectivity index (χ4n) is 15.9. The maximum Gasteiger partial charge on any atom is 0.335 e. The first-order valence-electron chi connectivity index (χ1n) is 26.8. The van der Waals surface area contributed by atoms with Crippen LogP contribution in [0.4, 0.5) is 0 Å². The Morgan fingerprint density at radius 3 is 1.79 bits per heavy atom. The van der Waals surface area contributed by atoms with Crippen molar-refractivity contribution in [1.82, 2.24) is 0 Å². The minimum Gasteiger partial charge on any atom is -0.479 e. The number of aliphatic hydroxyl groups excluding tert-OH is 13. The molecule has 0 unspecified atom stereocenters. The number of allylic oxidation sites excluding steroid dienone is 3. The quantitative estimate of drug-likeness (QED) is 0.0415. The number of carboxylic acid groups (broad SMARTS) is 1. The summed E-state index contributed by atoms with van der Waals surface area (Å²) in [5.74, 6) is -3.19. The number of aliphatic carboxylic acids is 1. The number of carbonyl (C=O) groups excluding carboxylic acids is 1. The van der Waals surface area contributed by atoms with Gasteiger partial charge in [0.05, 0.1) is 50.2 Å². The van der Waals surface area contributed by atoms with E-state index in [4.69, 9.17) is 33.2 Å². The van der Waals surface area contributed by atoms with Gasteiger partial charge in [-0.2, -0.15) is 0 Å². The maximum atomic E-state index is 13.4. The number of carbonyl (C=O) groups is 2. The predicted octanol–water partition coefficient (Wildman–Crippen LogP) is -1.89. The molecule has 7 fully saturated rings. The Labute approximate surface area is 442 Å². The lowest BCUT2D eigenvalue weighted by molar-refractivity contribution is -0.392. The van der Waals surface area contributed by atoms with Crippen molar-refractivity contribution in [2.24, 2.45) is 50.2 Å². The minimum absolute atomic E-state index is 0.0620. The molecule has 23 heteroatoms. The molecule has 14 N–H and O–H groups in total. The van der Waals surface area contributed by atoms with E-state index in [9.17, 15) is 81.1 Å². The molecule has 3 saturated heterocycles. The van der Waals surface area contributed by atoms with Gasteiger partial charge >= 0.3 is 11.9 Å². The van der Waals surface area contributed by atoms with E-state index in [-0.39, 0.29) is 24.7 Å². The van der Waals surface area contributed by atoms with Gasteiger partial charge in [-0.05, 0) is 98.2 Å². The Morgan fingerprint density at radius 1 is 0.684 bits per heavy atom. The third-order valence-electron chi connectivity index (χ3n) is 20.8.